The van der Waals surface area contributed by atoms with Gasteiger partial charge in [0.1, 0.15) is 10.8 Å². The summed E-state index contributed by atoms with van der Waals surface area (Å²) in [6, 6.07) is 5.03. The van der Waals surface area contributed by atoms with Crippen LogP contribution in [0.4, 0.5) is 0 Å². The molecule has 2 rings (SSSR count). The molecule has 19 heavy (non-hydrogen) atoms. The van der Waals surface area contributed by atoms with Gasteiger partial charge in [-0.2, -0.15) is 0 Å². The molecular weight excluding hydrogens is 266 g/mol. The number of fused-ring (bicyclic) bond motifs is 1. The third-order valence-corrected chi connectivity index (χ3v) is 3.35. The Kier molecular flexibility index (Phi) is 4.45. The minimum atomic E-state index is -0.0364. The molecule has 1 heterocycles. The molecule has 0 bridgehead atoms. The smallest absolute Gasteiger partial charge is 0.189 e. The fraction of sp³-hybridized carbons (Fsp3) is 0.357. The SMILES string of the molecule is COCCCc1cc(=O)c2ccc(OC)c(Cl)c2[nH]1. The van der Waals surface area contributed by atoms with E-state index in [-0.39, 0.29) is 5.43 Å². The van der Waals surface area contributed by atoms with E-state index in [4.69, 9.17) is 21.1 Å². The first-order chi connectivity index (χ1) is 9.17. The average molecular weight is 282 g/mol. The van der Waals surface area contributed by atoms with Crippen LogP contribution in [-0.4, -0.2) is 25.8 Å². The van der Waals surface area contributed by atoms with Gasteiger partial charge in [0.05, 0.1) is 12.6 Å². The van der Waals surface area contributed by atoms with E-state index in [2.05, 4.69) is 4.98 Å². The average Bonchev–Trinajstić information content (AvgIpc) is 2.40. The van der Waals surface area contributed by atoms with Crippen molar-refractivity contribution in [3.05, 3.63) is 39.1 Å². The fourth-order valence-electron chi connectivity index (χ4n) is 2.02. The summed E-state index contributed by atoms with van der Waals surface area (Å²) in [5.41, 5.74) is 1.44. The van der Waals surface area contributed by atoms with E-state index in [0.717, 1.165) is 18.5 Å². The molecule has 0 aliphatic carbocycles. The summed E-state index contributed by atoms with van der Waals surface area (Å²) >= 11 is 6.23. The third kappa shape index (κ3) is 2.91. The molecular formula is C14H16ClNO3. The number of methoxy groups -OCH3 is 2. The molecule has 1 N–H and O–H groups in total. The van der Waals surface area contributed by atoms with Gasteiger partial charge in [0, 0.05) is 30.9 Å². The van der Waals surface area contributed by atoms with Crippen molar-refractivity contribution in [2.24, 2.45) is 0 Å². The lowest BCUT2D eigenvalue weighted by Crippen LogP contribution is -2.06. The number of halogens is 1. The van der Waals surface area contributed by atoms with Crippen LogP contribution in [0.15, 0.2) is 23.0 Å². The molecule has 1 aromatic heterocycles. The van der Waals surface area contributed by atoms with Crippen LogP contribution in [-0.2, 0) is 11.2 Å². The normalized spacial score (nSPS) is 10.9. The molecule has 102 valence electrons. The van der Waals surface area contributed by atoms with Crippen LogP contribution in [0, 0.1) is 0 Å². The maximum Gasteiger partial charge on any atom is 0.189 e. The van der Waals surface area contributed by atoms with Crippen molar-refractivity contribution in [3.8, 4) is 5.75 Å². The zero-order chi connectivity index (χ0) is 13.8. The van der Waals surface area contributed by atoms with Crippen molar-refractivity contribution in [3.63, 3.8) is 0 Å². The molecule has 0 aliphatic heterocycles. The molecule has 4 nitrogen and oxygen atoms in total. The van der Waals surface area contributed by atoms with Gasteiger partial charge in [-0.15, -0.1) is 0 Å². The van der Waals surface area contributed by atoms with E-state index in [0.29, 0.717) is 28.3 Å². The van der Waals surface area contributed by atoms with Gasteiger partial charge in [-0.3, -0.25) is 4.79 Å². The Bertz CT molecular complexity index is 636. The van der Waals surface area contributed by atoms with Crippen molar-refractivity contribution in [2.45, 2.75) is 12.8 Å². The summed E-state index contributed by atoms with van der Waals surface area (Å²) < 4.78 is 10.2. The lowest BCUT2D eigenvalue weighted by molar-refractivity contribution is 0.195. The number of aromatic nitrogens is 1. The Morgan fingerprint density at radius 2 is 2.11 bits per heavy atom. The van der Waals surface area contributed by atoms with E-state index in [1.807, 2.05) is 0 Å². The van der Waals surface area contributed by atoms with Gasteiger partial charge in [0.25, 0.3) is 0 Å². The molecule has 0 saturated carbocycles. The van der Waals surface area contributed by atoms with Crippen LogP contribution >= 0.6 is 11.6 Å². The minimum absolute atomic E-state index is 0.0364. The van der Waals surface area contributed by atoms with Crippen LogP contribution in [0.25, 0.3) is 10.9 Å². The number of aromatic amines is 1. The molecule has 1 aromatic carbocycles. The largest absolute Gasteiger partial charge is 0.495 e. The van der Waals surface area contributed by atoms with Crippen molar-refractivity contribution in [1.82, 2.24) is 4.98 Å². The van der Waals surface area contributed by atoms with Crippen molar-refractivity contribution < 1.29 is 9.47 Å². The zero-order valence-electron chi connectivity index (χ0n) is 11.0. The Hall–Kier alpha value is -1.52. The van der Waals surface area contributed by atoms with Gasteiger partial charge in [0.2, 0.25) is 0 Å². The van der Waals surface area contributed by atoms with Crippen LogP contribution in [0.3, 0.4) is 0 Å². The molecule has 0 spiro atoms. The molecule has 0 amide bonds. The molecule has 0 aliphatic rings. The molecule has 0 fully saturated rings. The molecule has 5 heteroatoms. The number of benzene rings is 1. The highest BCUT2D eigenvalue weighted by molar-refractivity contribution is 6.36. The number of aryl methyl sites for hydroxylation is 1. The molecule has 2 aromatic rings. The number of ether oxygens (including phenoxy) is 2. The van der Waals surface area contributed by atoms with E-state index in [1.54, 1.807) is 32.4 Å². The Morgan fingerprint density at radius 1 is 1.32 bits per heavy atom. The standard InChI is InChI=1S/C14H16ClNO3/c1-18-7-3-4-9-8-11(17)10-5-6-12(19-2)13(15)14(10)16-9/h5-6,8H,3-4,7H2,1-2H3,(H,16,17). The van der Waals surface area contributed by atoms with Crippen molar-refractivity contribution in [2.75, 3.05) is 20.8 Å². The Balaban J connectivity index is 2.47. The summed E-state index contributed by atoms with van der Waals surface area (Å²) in [6.07, 6.45) is 1.59. The lowest BCUT2D eigenvalue weighted by atomic mass is 10.1. The minimum Gasteiger partial charge on any atom is -0.495 e. The molecule has 0 unspecified atom stereocenters. The molecule has 0 saturated heterocycles. The first kappa shape index (κ1) is 13.9. The van der Waals surface area contributed by atoms with Crippen LogP contribution in [0.2, 0.25) is 5.02 Å². The van der Waals surface area contributed by atoms with Crippen molar-refractivity contribution >= 4 is 22.5 Å². The first-order valence-electron chi connectivity index (χ1n) is 6.04. The third-order valence-electron chi connectivity index (χ3n) is 2.98. The number of hydrogen-bond acceptors (Lipinski definition) is 3. The predicted molar refractivity (Wildman–Crippen MR) is 76.3 cm³/mol. The van der Waals surface area contributed by atoms with Crippen LogP contribution < -0.4 is 10.2 Å². The monoisotopic (exact) mass is 281 g/mol. The van der Waals surface area contributed by atoms with Gasteiger partial charge < -0.3 is 14.5 Å². The van der Waals surface area contributed by atoms with Gasteiger partial charge in [0.15, 0.2) is 5.43 Å². The van der Waals surface area contributed by atoms with Crippen LogP contribution in [0.1, 0.15) is 12.1 Å². The molecule has 0 atom stereocenters. The van der Waals surface area contributed by atoms with Crippen molar-refractivity contribution in [1.29, 1.82) is 0 Å². The van der Waals surface area contributed by atoms with E-state index < -0.39 is 0 Å². The highest BCUT2D eigenvalue weighted by Crippen LogP contribution is 2.30. The van der Waals surface area contributed by atoms with Gasteiger partial charge in [-0.05, 0) is 25.0 Å². The maximum absolute atomic E-state index is 12.0. The quantitative estimate of drug-likeness (QED) is 0.858. The van der Waals surface area contributed by atoms with Crippen LogP contribution in [0.5, 0.6) is 5.75 Å². The summed E-state index contributed by atoms with van der Waals surface area (Å²) in [5.74, 6) is 0.554. The fourth-order valence-corrected chi connectivity index (χ4v) is 2.31. The van der Waals surface area contributed by atoms with Gasteiger partial charge in [-0.25, -0.2) is 0 Å². The first-order valence-corrected chi connectivity index (χ1v) is 6.42. The summed E-state index contributed by atoms with van der Waals surface area (Å²) in [7, 11) is 3.21. The number of hydrogen-bond donors (Lipinski definition) is 1. The van der Waals surface area contributed by atoms with E-state index in [9.17, 15) is 4.79 Å². The summed E-state index contributed by atoms with van der Waals surface area (Å²) in [5, 5.41) is 1.01. The topological polar surface area (TPSA) is 51.3 Å². The highest BCUT2D eigenvalue weighted by Gasteiger charge is 2.10. The number of rotatable bonds is 5. The maximum atomic E-state index is 12.0. The summed E-state index contributed by atoms with van der Waals surface area (Å²) in [4.78, 5) is 15.2. The Labute approximate surface area is 116 Å². The Morgan fingerprint density at radius 3 is 2.79 bits per heavy atom. The van der Waals surface area contributed by atoms with Gasteiger partial charge in [-0.1, -0.05) is 11.6 Å². The number of H-pyrrole nitrogens is 1. The predicted octanol–water partition coefficient (Wildman–Crippen LogP) is 2.77. The second-order valence-electron chi connectivity index (χ2n) is 4.26. The molecule has 0 radical (unpaired) electrons. The lowest BCUT2D eigenvalue weighted by Gasteiger charge is -2.08. The van der Waals surface area contributed by atoms with E-state index >= 15 is 0 Å². The zero-order valence-corrected chi connectivity index (χ0v) is 11.7. The number of nitrogens with one attached hydrogen (secondary N) is 1. The van der Waals surface area contributed by atoms with E-state index in [1.165, 1.54) is 0 Å². The number of pyridine rings is 1. The second kappa shape index (κ2) is 6.08. The van der Waals surface area contributed by atoms with Gasteiger partial charge >= 0.3 is 0 Å². The highest BCUT2D eigenvalue weighted by atomic mass is 35.5. The summed E-state index contributed by atoms with van der Waals surface area (Å²) in [6.45, 7) is 0.659. The second-order valence-corrected chi connectivity index (χ2v) is 4.64.